The molecule has 16 nitrogen and oxygen atoms in total. The van der Waals surface area contributed by atoms with Gasteiger partial charge in [0.25, 0.3) is 0 Å². The van der Waals surface area contributed by atoms with Gasteiger partial charge < -0.3 is 58.6 Å². The SMILES string of the molecule is CCOC(=O)CCC(=O)O[C@H]1[C@H](C)[C@@H](O[C@@H]2O[C@H](C)C[C@H](N(C)C)[C@H]2O)[C@@](C)(O)C[C@H](C)/C(=N\OC2(OC)CCCCC2)[C@H](C)[C@@H](O)[C@](C)(O)[C@@H](CC)OC(=O)[C@@H]1C. The van der Waals surface area contributed by atoms with Crippen LogP contribution in [0, 0.1) is 23.7 Å². The zero-order valence-corrected chi connectivity index (χ0v) is 37.0. The van der Waals surface area contributed by atoms with Crippen LogP contribution in [0.2, 0.25) is 0 Å². The molecule has 1 saturated carbocycles. The molecule has 3 rings (SSSR count). The van der Waals surface area contributed by atoms with Crippen molar-refractivity contribution in [3.05, 3.63) is 0 Å². The zero-order valence-electron chi connectivity index (χ0n) is 37.0. The lowest BCUT2D eigenvalue weighted by atomic mass is 9.73. The first-order chi connectivity index (χ1) is 27.0. The topological polar surface area (TPSA) is 212 Å². The molecule has 0 aromatic rings. The van der Waals surface area contributed by atoms with Gasteiger partial charge in [0.1, 0.15) is 23.9 Å². The van der Waals surface area contributed by atoms with Gasteiger partial charge in [-0.3, -0.25) is 14.4 Å². The van der Waals surface area contributed by atoms with E-state index in [0.29, 0.717) is 25.0 Å². The van der Waals surface area contributed by atoms with E-state index >= 15 is 0 Å². The van der Waals surface area contributed by atoms with E-state index in [2.05, 4.69) is 5.16 Å². The lowest BCUT2D eigenvalue weighted by Crippen LogP contribution is -2.60. The maximum absolute atomic E-state index is 14.1. The molecule has 0 amide bonds. The number of likely N-dealkylation sites (N-methyl/N-ethyl adjacent to an activating group) is 1. The predicted octanol–water partition coefficient (Wildman–Crippen LogP) is 3.86. The summed E-state index contributed by atoms with van der Waals surface area (Å²) in [7, 11) is 5.24. The molecule has 3 fully saturated rings. The van der Waals surface area contributed by atoms with Crippen LogP contribution in [0.25, 0.3) is 0 Å². The fourth-order valence-electron chi connectivity index (χ4n) is 9.00. The highest BCUT2D eigenvalue weighted by Crippen LogP contribution is 2.40. The lowest BCUT2D eigenvalue weighted by Gasteiger charge is -2.47. The number of methoxy groups -OCH3 is 1. The first-order valence-corrected chi connectivity index (χ1v) is 21.2. The van der Waals surface area contributed by atoms with Crippen molar-refractivity contribution in [3.63, 3.8) is 0 Å². The number of oxime groups is 1. The highest BCUT2D eigenvalue weighted by Gasteiger charge is 2.52. The van der Waals surface area contributed by atoms with E-state index in [1.165, 1.54) is 13.8 Å². The summed E-state index contributed by atoms with van der Waals surface area (Å²) in [6, 6.07) is -0.360. The third-order valence-corrected chi connectivity index (χ3v) is 12.5. The minimum atomic E-state index is -2.00. The van der Waals surface area contributed by atoms with Crippen molar-refractivity contribution in [2.75, 3.05) is 27.8 Å². The summed E-state index contributed by atoms with van der Waals surface area (Å²) >= 11 is 0. The van der Waals surface area contributed by atoms with Crippen molar-refractivity contribution in [2.24, 2.45) is 28.8 Å². The van der Waals surface area contributed by atoms with Crippen LogP contribution in [0.4, 0.5) is 0 Å². The standard InChI is InChI=1S/C42H74N2O14/c1-13-30-41(9,51)36(48)26(5)33(43-58-42(52-12)20-16-15-17-21-42)24(3)23-40(8,50)37(57-39-34(47)29(44(10)11)22-25(4)54-39)27(6)35(28(7)38(49)55-30)56-32(46)19-18-31(45)53-14-2/h24-30,34-37,39,47-48,50-51H,13-23H2,1-12H3/b43-33+/t24-,25+,26-,27-,28+,29-,30+,34+,35-,36+,37+,39-,40-,41+/m0/s1. The van der Waals surface area contributed by atoms with E-state index in [9.17, 15) is 34.8 Å². The monoisotopic (exact) mass is 831 g/mol. The highest BCUT2D eigenvalue weighted by atomic mass is 16.8. The molecule has 0 unspecified atom stereocenters. The van der Waals surface area contributed by atoms with Crippen LogP contribution >= 0.6 is 0 Å². The molecule has 336 valence electrons. The number of hydrogen-bond acceptors (Lipinski definition) is 16. The van der Waals surface area contributed by atoms with Gasteiger partial charge in [-0.05, 0) is 80.8 Å². The summed E-state index contributed by atoms with van der Waals surface area (Å²) in [6.45, 7) is 14.9. The van der Waals surface area contributed by atoms with Crippen LogP contribution in [0.3, 0.4) is 0 Å². The molecule has 2 aliphatic heterocycles. The molecular formula is C42H74N2O14. The largest absolute Gasteiger partial charge is 0.466 e. The second-order valence-electron chi connectivity index (χ2n) is 17.6. The van der Waals surface area contributed by atoms with Crippen molar-refractivity contribution in [2.45, 2.75) is 192 Å². The molecule has 3 aliphatic rings. The number of aliphatic hydroxyl groups excluding tert-OH is 2. The molecule has 2 saturated heterocycles. The number of hydrogen-bond donors (Lipinski definition) is 4. The number of aliphatic hydroxyl groups is 4. The van der Waals surface area contributed by atoms with Gasteiger partial charge >= 0.3 is 17.9 Å². The van der Waals surface area contributed by atoms with E-state index in [4.69, 9.17) is 33.3 Å². The van der Waals surface area contributed by atoms with Gasteiger partial charge in [0, 0.05) is 43.7 Å². The fourth-order valence-corrected chi connectivity index (χ4v) is 9.00. The number of cyclic esters (lactones) is 1. The molecule has 2 heterocycles. The average molecular weight is 831 g/mol. The maximum atomic E-state index is 14.1. The smallest absolute Gasteiger partial charge is 0.312 e. The van der Waals surface area contributed by atoms with Crippen molar-refractivity contribution in [3.8, 4) is 0 Å². The van der Waals surface area contributed by atoms with Gasteiger partial charge in [0.2, 0.25) is 5.79 Å². The lowest BCUT2D eigenvalue weighted by molar-refractivity contribution is -0.299. The second kappa shape index (κ2) is 21.4. The van der Waals surface area contributed by atoms with Crippen LogP contribution in [0.5, 0.6) is 0 Å². The molecule has 4 N–H and O–H groups in total. The summed E-state index contributed by atoms with van der Waals surface area (Å²) in [5, 5.41) is 52.9. The van der Waals surface area contributed by atoms with Crippen molar-refractivity contribution < 1.29 is 68.1 Å². The minimum Gasteiger partial charge on any atom is -0.466 e. The van der Waals surface area contributed by atoms with Gasteiger partial charge in [0.05, 0.1) is 55.0 Å². The number of nitrogens with zero attached hydrogens (tertiary/aromatic N) is 2. The Balaban J connectivity index is 2.22. The first-order valence-electron chi connectivity index (χ1n) is 21.2. The molecule has 0 bridgehead atoms. The van der Waals surface area contributed by atoms with Gasteiger partial charge in [-0.25, -0.2) is 0 Å². The predicted molar refractivity (Wildman–Crippen MR) is 213 cm³/mol. The van der Waals surface area contributed by atoms with Gasteiger partial charge in [-0.2, -0.15) is 0 Å². The Labute approximate surface area is 345 Å². The van der Waals surface area contributed by atoms with Crippen LogP contribution < -0.4 is 0 Å². The number of ether oxygens (including phenoxy) is 6. The van der Waals surface area contributed by atoms with Gasteiger partial charge in [0.15, 0.2) is 6.29 Å². The molecule has 1 aliphatic carbocycles. The molecule has 58 heavy (non-hydrogen) atoms. The third-order valence-electron chi connectivity index (χ3n) is 12.5. The van der Waals surface area contributed by atoms with Crippen LogP contribution in [0.1, 0.15) is 127 Å². The van der Waals surface area contributed by atoms with Gasteiger partial charge in [-0.15, -0.1) is 0 Å². The van der Waals surface area contributed by atoms with E-state index < -0.39 is 95.4 Å². The Morgan fingerprint density at radius 3 is 2.14 bits per heavy atom. The molecule has 0 radical (unpaired) electrons. The van der Waals surface area contributed by atoms with Crippen LogP contribution in [-0.2, 0) is 47.6 Å². The van der Waals surface area contributed by atoms with Crippen molar-refractivity contribution >= 4 is 23.6 Å². The Morgan fingerprint density at radius 2 is 1.57 bits per heavy atom. The normalized spacial score (nSPS) is 40.0. The third kappa shape index (κ3) is 12.3. The maximum Gasteiger partial charge on any atom is 0.312 e. The molecule has 0 spiro atoms. The summed E-state index contributed by atoms with van der Waals surface area (Å²) in [6.07, 6.45) is -4.21. The van der Waals surface area contributed by atoms with Crippen LogP contribution in [-0.4, -0.2) is 143 Å². The van der Waals surface area contributed by atoms with Crippen LogP contribution in [0.15, 0.2) is 5.16 Å². The number of carbonyl (C=O) groups excluding carboxylic acids is 3. The molecular weight excluding hydrogens is 756 g/mol. The van der Waals surface area contributed by atoms with Crippen molar-refractivity contribution in [1.82, 2.24) is 4.90 Å². The molecule has 14 atom stereocenters. The highest BCUT2D eigenvalue weighted by molar-refractivity contribution is 5.89. The minimum absolute atomic E-state index is 0.0710. The van der Waals surface area contributed by atoms with E-state index in [1.807, 2.05) is 32.8 Å². The second-order valence-corrected chi connectivity index (χ2v) is 17.6. The number of carbonyl (C=O) groups is 3. The number of rotatable bonds is 12. The van der Waals surface area contributed by atoms with E-state index in [1.54, 1.807) is 41.7 Å². The first kappa shape index (κ1) is 49.9. The molecule has 0 aromatic carbocycles. The summed E-state index contributed by atoms with van der Waals surface area (Å²) in [5.41, 5.74) is -3.52. The quantitative estimate of drug-likeness (QED) is 0.0952. The fraction of sp³-hybridized carbons (Fsp3) is 0.905. The zero-order chi connectivity index (χ0) is 43.7. The van der Waals surface area contributed by atoms with E-state index in [-0.39, 0.29) is 44.4 Å². The molecule has 16 heteroatoms. The number of esters is 3. The average Bonchev–Trinajstić information content (AvgIpc) is 3.16. The summed E-state index contributed by atoms with van der Waals surface area (Å²) in [5.74, 6) is -6.98. The van der Waals surface area contributed by atoms with Gasteiger partial charge in [-0.1, -0.05) is 39.3 Å². The Hall–Kier alpha value is -2.44. The van der Waals surface area contributed by atoms with E-state index in [0.717, 1.165) is 19.3 Å². The Bertz CT molecular complexity index is 1370. The summed E-state index contributed by atoms with van der Waals surface area (Å²) in [4.78, 5) is 47.8. The van der Waals surface area contributed by atoms with Crippen molar-refractivity contribution in [1.29, 1.82) is 0 Å². The Morgan fingerprint density at radius 1 is 0.948 bits per heavy atom. The Kier molecular flexibility index (Phi) is 18.4. The molecule has 0 aromatic heterocycles. The summed E-state index contributed by atoms with van der Waals surface area (Å²) < 4.78 is 35.6.